The molecule has 1 aromatic heterocycles. The fourth-order valence-electron chi connectivity index (χ4n) is 2.35. The van der Waals surface area contributed by atoms with Crippen LogP contribution in [0.5, 0.6) is 0 Å². The molecule has 0 atom stereocenters. The van der Waals surface area contributed by atoms with Gasteiger partial charge in [-0.3, -0.25) is 4.79 Å². The van der Waals surface area contributed by atoms with Crippen molar-refractivity contribution >= 4 is 28.5 Å². The first kappa shape index (κ1) is 13.4. The molecule has 1 heterocycles. The van der Waals surface area contributed by atoms with Crippen molar-refractivity contribution in [3.05, 3.63) is 34.8 Å². The number of aryl methyl sites for hydroxylation is 1. The van der Waals surface area contributed by atoms with Crippen molar-refractivity contribution in [2.24, 2.45) is 5.92 Å². The van der Waals surface area contributed by atoms with Crippen LogP contribution in [-0.4, -0.2) is 12.5 Å². The van der Waals surface area contributed by atoms with Crippen LogP contribution >= 0.6 is 11.6 Å². The van der Waals surface area contributed by atoms with Crippen molar-refractivity contribution in [2.45, 2.75) is 25.7 Å². The lowest BCUT2D eigenvalue weighted by molar-refractivity contribution is -0.122. The summed E-state index contributed by atoms with van der Waals surface area (Å²) in [5.74, 6) is -0.0746. The van der Waals surface area contributed by atoms with E-state index in [0.717, 1.165) is 24.8 Å². The number of amides is 1. The number of halogens is 2. The number of furan rings is 1. The zero-order valence-corrected chi connectivity index (χ0v) is 11.7. The molecule has 2 aromatic rings. The molecule has 3 nitrogen and oxygen atoms in total. The molecule has 1 saturated carbocycles. The van der Waals surface area contributed by atoms with Crippen LogP contribution in [0.3, 0.4) is 0 Å². The topological polar surface area (TPSA) is 42.2 Å². The first-order valence-electron chi connectivity index (χ1n) is 6.78. The van der Waals surface area contributed by atoms with Gasteiger partial charge in [-0.05, 0) is 43.4 Å². The lowest BCUT2D eigenvalue weighted by Crippen LogP contribution is -2.26. The highest BCUT2D eigenvalue weighted by molar-refractivity contribution is 6.32. The standard InChI is InChI=1S/C15H15ClFNO2/c16-12-8-13(17)14-11(5-7-20-14)10(12)2-1-6-18-15(19)9-3-4-9/h5,7-9H,1-4,6H2,(H,18,19). The fraction of sp³-hybridized carbons (Fsp3) is 0.400. The monoisotopic (exact) mass is 295 g/mol. The average molecular weight is 296 g/mol. The molecular weight excluding hydrogens is 281 g/mol. The minimum Gasteiger partial charge on any atom is -0.461 e. The van der Waals surface area contributed by atoms with E-state index < -0.39 is 5.82 Å². The second-order valence-corrected chi connectivity index (χ2v) is 5.56. The predicted octanol–water partition coefficient (Wildman–Crippen LogP) is 3.68. The molecule has 0 aliphatic heterocycles. The number of hydrogen-bond donors (Lipinski definition) is 1. The Morgan fingerprint density at radius 2 is 2.30 bits per heavy atom. The maximum Gasteiger partial charge on any atom is 0.223 e. The summed E-state index contributed by atoms with van der Waals surface area (Å²) in [6, 6.07) is 3.01. The zero-order chi connectivity index (χ0) is 14.1. The van der Waals surface area contributed by atoms with Gasteiger partial charge in [-0.1, -0.05) is 11.6 Å². The van der Waals surface area contributed by atoms with E-state index in [0.29, 0.717) is 23.4 Å². The van der Waals surface area contributed by atoms with Gasteiger partial charge < -0.3 is 9.73 Å². The van der Waals surface area contributed by atoms with Gasteiger partial charge in [0.15, 0.2) is 11.4 Å². The van der Waals surface area contributed by atoms with Crippen LogP contribution in [0.25, 0.3) is 11.0 Å². The summed E-state index contributed by atoms with van der Waals surface area (Å²) in [4.78, 5) is 11.5. The van der Waals surface area contributed by atoms with Gasteiger partial charge in [0, 0.05) is 22.9 Å². The van der Waals surface area contributed by atoms with Crippen molar-refractivity contribution in [2.75, 3.05) is 6.54 Å². The fourth-order valence-corrected chi connectivity index (χ4v) is 2.64. The molecule has 0 spiro atoms. The van der Waals surface area contributed by atoms with Crippen LogP contribution in [0.4, 0.5) is 4.39 Å². The lowest BCUT2D eigenvalue weighted by atomic mass is 10.0. The summed E-state index contributed by atoms with van der Waals surface area (Å²) in [5, 5.41) is 4.03. The van der Waals surface area contributed by atoms with E-state index in [-0.39, 0.29) is 17.4 Å². The molecule has 0 saturated heterocycles. The molecule has 1 N–H and O–H groups in total. The van der Waals surface area contributed by atoms with Crippen LogP contribution in [0.15, 0.2) is 22.8 Å². The molecule has 106 valence electrons. The normalized spacial score (nSPS) is 14.7. The Morgan fingerprint density at radius 1 is 1.50 bits per heavy atom. The molecule has 20 heavy (non-hydrogen) atoms. The Hall–Kier alpha value is -1.55. The Bertz CT molecular complexity index is 649. The highest BCUT2D eigenvalue weighted by Gasteiger charge is 2.29. The smallest absolute Gasteiger partial charge is 0.223 e. The van der Waals surface area contributed by atoms with Crippen LogP contribution in [0.2, 0.25) is 5.02 Å². The third-order valence-electron chi connectivity index (χ3n) is 3.60. The van der Waals surface area contributed by atoms with E-state index in [2.05, 4.69) is 5.32 Å². The minimum absolute atomic E-state index is 0.142. The van der Waals surface area contributed by atoms with Crippen molar-refractivity contribution in [1.29, 1.82) is 0 Å². The lowest BCUT2D eigenvalue weighted by Gasteiger charge is -2.07. The summed E-state index contributed by atoms with van der Waals surface area (Å²) in [6.07, 6.45) is 4.92. The average Bonchev–Trinajstić information content (AvgIpc) is 3.15. The van der Waals surface area contributed by atoms with Crippen LogP contribution in [-0.2, 0) is 11.2 Å². The van der Waals surface area contributed by atoms with Gasteiger partial charge in [0.2, 0.25) is 5.91 Å². The number of hydrogen-bond acceptors (Lipinski definition) is 2. The molecule has 0 radical (unpaired) electrons. The molecule has 1 fully saturated rings. The molecule has 1 aromatic carbocycles. The quantitative estimate of drug-likeness (QED) is 0.855. The highest BCUT2D eigenvalue weighted by atomic mass is 35.5. The Balaban J connectivity index is 1.64. The predicted molar refractivity (Wildman–Crippen MR) is 75.2 cm³/mol. The third-order valence-corrected chi connectivity index (χ3v) is 3.94. The van der Waals surface area contributed by atoms with E-state index in [1.54, 1.807) is 6.07 Å². The maximum atomic E-state index is 13.6. The Morgan fingerprint density at radius 3 is 3.05 bits per heavy atom. The molecular formula is C15H15ClFNO2. The summed E-state index contributed by atoms with van der Waals surface area (Å²) in [5.41, 5.74) is 1.11. The van der Waals surface area contributed by atoms with E-state index in [1.807, 2.05) is 0 Å². The van der Waals surface area contributed by atoms with Crippen LogP contribution in [0.1, 0.15) is 24.8 Å². The summed E-state index contributed by atoms with van der Waals surface area (Å²) in [7, 11) is 0. The Labute approximate surface area is 121 Å². The first-order valence-corrected chi connectivity index (χ1v) is 7.16. The van der Waals surface area contributed by atoms with Gasteiger partial charge in [0.05, 0.1) is 6.26 Å². The number of rotatable bonds is 5. The molecule has 0 unspecified atom stereocenters. The summed E-state index contributed by atoms with van der Waals surface area (Å²) >= 11 is 6.10. The van der Waals surface area contributed by atoms with Crippen molar-refractivity contribution < 1.29 is 13.6 Å². The van der Waals surface area contributed by atoms with Crippen molar-refractivity contribution in [3.8, 4) is 0 Å². The Kier molecular flexibility index (Phi) is 3.66. The third kappa shape index (κ3) is 2.66. The van der Waals surface area contributed by atoms with Crippen LogP contribution < -0.4 is 5.32 Å². The van der Waals surface area contributed by atoms with Gasteiger partial charge in [0.1, 0.15) is 0 Å². The maximum absolute atomic E-state index is 13.6. The summed E-state index contributed by atoms with van der Waals surface area (Å²) in [6.45, 7) is 0.613. The number of carbonyl (C=O) groups is 1. The minimum atomic E-state index is -0.444. The molecule has 5 heteroatoms. The summed E-state index contributed by atoms with van der Waals surface area (Å²) < 4.78 is 18.7. The van der Waals surface area contributed by atoms with Crippen molar-refractivity contribution in [3.63, 3.8) is 0 Å². The number of fused-ring (bicyclic) bond motifs is 1. The number of carbonyl (C=O) groups excluding carboxylic acids is 1. The SMILES string of the molecule is O=C(NCCCc1c(Cl)cc(F)c2occc12)C1CC1. The molecule has 3 rings (SSSR count). The van der Waals surface area contributed by atoms with Crippen LogP contribution in [0, 0.1) is 11.7 Å². The first-order chi connectivity index (χ1) is 9.66. The highest BCUT2D eigenvalue weighted by Crippen LogP contribution is 2.31. The largest absolute Gasteiger partial charge is 0.461 e. The van der Waals surface area contributed by atoms with Crippen molar-refractivity contribution in [1.82, 2.24) is 5.32 Å². The van der Waals surface area contributed by atoms with Gasteiger partial charge in [-0.2, -0.15) is 0 Å². The molecule has 1 amide bonds. The zero-order valence-electron chi connectivity index (χ0n) is 10.9. The molecule has 0 bridgehead atoms. The van der Waals surface area contributed by atoms with E-state index in [9.17, 15) is 9.18 Å². The van der Waals surface area contributed by atoms with Gasteiger partial charge in [-0.15, -0.1) is 0 Å². The van der Waals surface area contributed by atoms with E-state index >= 15 is 0 Å². The van der Waals surface area contributed by atoms with Gasteiger partial charge in [0.25, 0.3) is 0 Å². The molecule has 1 aliphatic carbocycles. The van der Waals surface area contributed by atoms with E-state index in [4.69, 9.17) is 16.0 Å². The number of nitrogens with one attached hydrogen (secondary N) is 1. The molecule has 1 aliphatic rings. The van der Waals surface area contributed by atoms with E-state index in [1.165, 1.54) is 12.3 Å². The second-order valence-electron chi connectivity index (χ2n) is 5.15. The number of benzene rings is 1. The van der Waals surface area contributed by atoms with Gasteiger partial charge in [-0.25, -0.2) is 4.39 Å². The van der Waals surface area contributed by atoms with Gasteiger partial charge >= 0.3 is 0 Å². The second kappa shape index (κ2) is 5.44.